The normalized spacial score (nSPS) is 21.4. The van der Waals surface area contributed by atoms with Crippen LogP contribution in [0.25, 0.3) is 11.0 Å². The molecule has 0 amide bonds. The highest BCUT2D eigenvalue weighted by Gasteiger charge is 2.20. The Hall–Kier alpha value is -1.59. The van der Waals surface area contributed by atoms with Crippen LogP contribution in [0.5, 0.6) is 0 Å². The molecule has 2 aromatic rings. The van der Waals surface area contributed by atoms with Crippen molar-refractivity contribution < 1.29 is 9.47 Å². The molecule has 0 saturated carbocycles. The van der Waals surface area contributed by atoms with Crippen molar-refractivity contribution in [3.05, 3.63) is 24.0 Å². The average Bonchev–Trinajstić information content (AvgIpc) is 2.76. The van der Waals surface area contributed by atoms with Gasteiger partial charge in [-0.25, -0.2) is 4.98 Å². The summed E-state index contributed by atoms with van der Waals surface area (Å²) in [6.45, 7) is 1.80. The first kappa shape index (κ1) is 9.62. The second-order valence-electron chi connectivity index (χ2n) is 3.80. The number of aromatic amines is 1. The first-order chi connectivity index (χ1) is 7.84. The Morgan fingerprint density at radius 3 is 3.06 bits per heavy atom. The lowest BCUT2D eigenvalue weighted by Gasteiger charge is -2.20. The number of nitrogens with zero attached hydrogens (tertiary/aromatic N) is 1. The summed E-state index contributed by atoms with van der Waals surface area (Å²) in [4.78, 5) is 7.66. The van der Waals surface area contributed by atoms with Gasteiger partial charge < -0.3 is 20.2 Å². The van der Waals surface area contributed by atoms with E-state index in [1.54, 1.807) is 0 Å². The molecule has 0 bridgehead atoms. The lowest BCUT2D eigenvalue weighted by atomic mass is 10.3. The van der Waals surface area contributed by atoms with Crippen LogP contribution in [0.1, 0.15) is 11.9 Å². The topological polar surface area (TPSA) is 73.2 Å². The molecule has 1 aromatic heterocycles. The highest BCUT2D eigenvalue weighted by atomic mass is 16.6. The van der Waals surface area contributed by atoms with E-state index >= 15 is 0 Å². The highest BCUT2D eigenvalue weighted by molar-refractivity contribution is 5.86. The number of hydrogen-bond acceptors (Lipinski definition) is 4. The quantitative estimate of drug-likeness (QED) is 0.707. The van der Waals surface area contributed by atoms with Crippen molar-refractivity contribution in [3.63, 3.8) is 0 Å². The Morgan fingerprint density at radius 2 is 2.31 bits per heavy atom. The molecule has 1 atom stereocenters. The maximum Gasteiger partial charge on any atom is 0.139 e. The summed E-state index contributed by atoms with van der Waals surface area (Å²) >= 11 is 0. The van der Waals surface area contributed by atoms with Gasteiger partial charge in [0.25, 0.3) is 0 Å². The summed E-state index contributed by atoms with van der Waals surface area (Å²) in [6.07, 6.45) is -0.111. The summed E-state index contributed by atoms with van der Waals surface area (Å²) in [7, 11) is 0. The third kappa shape index (κ3) is 1.54. The molecule has 0 aliphatic carbocycles. The van der Waals surface area contributed by atoms with Crippen LogP contribution in [-0.4, -0.2) is 29.8 Å². The zero-order chi connectivity index (χ0) is 11.0. The minimum atomic E-state index is -0.111. The van der Waals surface area contributed by atoms with E-state index in [1.807, 2.05) is 18.2 Å². The number of fused-ring (bicyclic) bond motifs is 1. The maximum atomic E-state index is 5.84. The fourth-order valence-electron chi connectivity index (χ4n) is 1.87. The zero-order valence-electron chi connectivity index (χ0n) is 8.77. The Balaban J connectivity index is 2.01. The van der Waals surface area contributed by atoms with Gasteiger partial charge in [-0.2, -0.15) is 0 Å². The number of imidazole rings is 1. The van der Waals surface area contributed by atoms with E-state index < -0.39 is 0 Å². The largest absolute Gasteiger partial charge is 0.397 e. The molecule has 1 unspecified atom stereocenters. The lowest BCUT2D eigenvalue weighted by molar-refractivity contribution is -0.0931. The third-order valence-electron chi connectivity index (χ3n) is 2.68. The van der Waals surface area contributed by atoms with Crippen molar-refractivity contribution in [1.82, 2.24) is 9.97 Å². The van der Waals surface area contributed by atoms with Gasteiger partial charge in [-0.3, -0.25) is 0 Å². The van der Waals surface area contributed by atoms with Gasteiger partial charge in [0, 0.05) is 0 Å². The van der Waals surface area contributed by atoms with Gasteiger partial charge in [-0.1, -0.05) is 6.07 Å². The fraction of sp³-hybridized carbons (Fsp3) is 0.364. The van der Waals surface area contributed by atoms with Gasteiger partial charge in [0.2, 0.25) is 0 Å². The van der Waals surface area contributed by atoms with Crippen molar-refractivity contribution in [2.45, 2.75) is 6.10 Å². The zero-order valence-corrected chi connectivity index (χ0v) is 8.77. The molecule has 3 rings (SSSR count). The van der Waals surface area contributed by atoms with E-state index in [9.17, 15) is 0 Å². The van der Waals surface area contributed by atoms with Gasteiger partial charge in [-0.05, 0) is 12.1 Å². The third-order valence-corrected chi connectivity index (χ3v) is 2.68. The molecule has 5 nitrogen and oxygen atoms in total. The second kappa shape index (κ2) is 3.77. The predicted molar refractivity (Wildman–Crippen MR) is 60.0 cm³/mol. The minimum Gasteiger partial charge on any atom is -0.397 e. The Kier molecular flexibility index (Phi) is 2.27. The van der Waals surface area contributed by atoms with E-state index in [0.29, 0.717) is 25.5 Å². The molecular weight excluding hydrogens is 206 g/mol. The fourth-order valence-corrected chi connectivity index (χ4v) is 1.87. The van der Waals surface area contributed by atoms with Crippen molar-refractivity contribution in [2.75, 3.05) is 25.6 Å². The number of ether oxygens (including phenoxy) is 2. The number of anilines is 1. The van der Waals surface area contributed by atoms with Crippen molar-refractivity contribution >= 4 is 16.7 Å². The molecule has 0 spiro atoms. The standard InChI is InChI=1S/C11H13N3O2/c12-7-2-1-3-8-10(7)14-11(13-8)9-6-15-4-5-16-9/h1-3,9H,4-6,12H2,(H,13,14). The van der Waals surface area contributed by atoms with Crippen LogP contribution >= 0.6 is 0 Å². The second-order valence-corrected chi connectivity index (χ2v) is 3.80. The Morgan fingerprint density at radius 1 is 1.38 bits per heavy atom. The monoisotopic (exact) mass is 219 g/mol. The van der Waals surface area contributed by atoms with Crippen molar-refractivity contribution in [3.8, 4) is 0 Å². The summed E-state index contributed by atoms with van der Waals surface area (Å²) < 4.78 is 10.9. The summed E-state index contributed by atoms with van der Waals surface area (Å²) in [5.41, 5.74) is 8.25. The van der Waals surface area contributed by atoms with Crippen LogP contribution in [0.4, 0.5) is 5.69 Å². The molecule has 2 heterocycles. The van der Waals surface area contributed by atoms with Crippen LogP contribution in [0.2, 0.25) is 0 Å². The molecular formula is C11H13N3O2. The molecule has 1 aromatic carbocycles. The van der Waals surface area contributed by atoms with Crippen molar-refractivity contribution in [1.29, 1.82) is 0 Å². The smallest absolute Gasteiger partial charge is 0.139 e. The Labute approximate surface area is 92.6 Å². The van der Waals surface area contributed by atoms with Gasteiger partial charge in [0.1, 0.15) is 17.4 Å². The highest BCUT2D eigenvalue weighted by Crippen LogP contribution is 2.24. The van der Waals surface area contributed by atoms with E-state index in [0.717, 1.165) is 16.9 Å². The van der Waals surface area contributed by atoms with E-state index in [1.165, 1.54) is 0 Å². The molecule has 84 valence electrons. The van der Waals surface area contributed by atoms with E-state index in [-0.39, 0.29) is 6.10 Å². The molecule has 1 aliphatic rings. The minimum absolute atomic E-state index is 0.111. The summed E-state index contributed by atoms with van der Waals surface area (Å²) in [5, 5.41) is 0. The molecule has 0 radical (unpaired) electrons. The SMILES string of the molecule is Nc1cccc2[nH]c(C3COCCO3)nc12. The molecule has 16 heavy (non-hydrogen) atoms. The Bertz CT molecular complexity index is 503. The number of aromatic nitrogens is 2. The maximum absolute atomic E-state index is 5.84. The van der Waals surface area contributed by atoms with Gasteiger partial charge in [0.15, 0.2) is 0 Å². The molecule has 1 saturated heterocycles. The van der Waals surface area contributed by atoms with E-state index in [4.69, 9.17) is 15.2 Å². The van der Waals surface area contributed by atoms with Gasteiger partial charge in [0.05, 0.1) is 31.0 Å². The number of H-pyrrole nitrogens is 1. The van der Waals surface area contributed by atoms with Crippen molar-refractivity contribution in [2.24, 2.45) is 0 Å². The number of nitrogens with two attached hydrogens (primary N) is 1. The van der Waals surface area contributed by atoms with Crippen LogP contribution in [0.3, 0.4) is 0 Å². The number of hydrogen-bond donors (Lipinski definition) is 2. The van der Waals surface area contributed by atoms with E-state index in [2.05, 4.69) is 9.97 Å². The summed E-state index contributed by atoms with van der Waals surface area (Å²) in [6, 6.07) is 5.69. The predicted octanol–water partition coefficient (Wildman–Crippen LogP) is 1.23. The average molecular weight is 219 g/mol. The first-order valence-corrected chi connectivity index (χ1v) is 5.28. The van der Waals surface area contributed by atoms with Crippen LogP contribution in [0, 0.1) is 0 Å². The number of rotatable bonds is 1. The number of benzene rings is 1. The molecule has 1 aliphatic heterocycles. The summed E-state index contributed by atoms with van der Waals surface area (Å²) in [5.74, 6) is 0.785. The van der Waals surface area contributed by atoms with Gasteiger partial charge in [-0.15, -0.1) is 0 Å². The van der Waals surface area contributed by atoms with Crippen LogP contribution in [-0.2, 0) is 9.47 Å². The molecule has 1 fully saturated rings. The van der Waals surface area contributed by atoms with Crippen LogP contribution < -0.4 is 5.73 Å². The molecule has 3 N–H and O–H groups in total. The molecule has 5 heteroatoms. The first-order valence-electron chi connectivity index (χ1n) is 5.28. The van der Waals surface area contributed by atoms with Crippen LogP contribution in [0.15, 0.2) is 18.2 Å². The number of para-hydroxylation sites is 1. The number of nitrogen functional groups attached to an aromatic ring is 1. The van der Waals surface area contributed by atoms with Gasteiger partial charge >= 0.3 is 0 Å². The number of nitrogens with one attached hydrogen (secondary N) is 1. The lowest BCUT2D eigenvalue weighted by Crippen LogP contribution is -2.22.